The van der Waals surface area contributed by atoms with Crippen LogP contribution in [-0.4, -0.2) is 15.8 Å². The maximum atomic E-state index is 14.0. The number of ether oxygens (including phenoxy) is 1. The highest BCUT2D eigenvalue weighted by Gasteiger charge is 2.13. The van der Waals surface area contributed by atoms with Crippen LogP contribution in [0.15, 0.2) is 22.7 Å². The van der Waals surface area contributed by atoms with E-state index in [0.29, 0.717) is 6.42 Å². The third kappa shape index (κ3) is 3.83. The Labute approximate surface area is 132 Å². The minimum atomic E-state index is -0.372. The Hall–Kier alpha value is -1.40. The maximum Gasteiger partial charge on any atom is 0.165 e. The van der Waals surface area contributed by atoms with Gasteiger partial charge in [-0.25, -0.2) is 4.39 Å². The third-order valence-corrected chi connectivity index (χ3v) is 4.21. The number of halogens is 2. The van der Waals surface area contributed by atoms with Crippen LogP contribution in [0, 0.1) is 12.7 Å². The van der Waals surface area contributed by atoms with Gasteiger partial charge in [0.05, 0.1) is 15.9 Å². The van der Waals surface area contributed by atoms with E-state index in [0.717, 1.165) is 21.4 Å². The number of nitrogens with zero attached hydrogens (tertiary/aromatic N) is 2. The van der Waals surface area contributed by atoms with Crippen LogP contribution < -0.4 is 10.5 Å². The predicted molar refractivity (Wildman–Crippen MR) is 83.7 cm³/mol. The van der Waals surface area contributed by atoms with Crippen molar-refractivity contribution in [3.8, 4) is 5.75 Å². The van der Waals surface area contributed by atoms with Gasteiger partial charge in [0.2, 0.25) is 0 Å². The molecule has 0 saturated heterocycles. The van der Waals surface area contributed by atoms with Crippen LogP contribution in [-0.2, 0) is 20.1 Å². The van der Waals surface area contributed by atoms with Gasteiger partial charge in [0.15, 0.2) is 11.6 Å². The Morgan fingerprint density at radius 3 is 2.71 bits per heavy atom. The van der Waals surface area contributed by atoms with Gasteiger partial charge in [0.25, 0.3) is 0 Å². The van der Waals surface area contributed by atoms with Crippen molar-refractivity contribution in [3.05, 3.63) is 45.4 Å². The second-order valence-electron chi connectivity index (χ2n) is 5.20. The molecule has 0 saturated carbocycles. The highest BCUT2D eigenvalue weighted by atomic mass is 79.9. The van der Waals surface area contributed by atoms with E-state index in [4.69, 9.17) is 10.5 Å². The summed E-state index contributed by atoms with van der Waals surface area (Å²) in [6.07, 6.45) is 0.643. The standard InChI is InChI=1S/C15H19BrFN3O/c1-9(18)6-11-4-5-14(12(17)7-11)21-8-13-15(16)10(2)19-20(13)3/h4-5,7,9H,6,8,18H2,1-3H3. The molecule has 1 unspecified atom stereocenters. The van der Waals surface area contributed by atoms with Crippen molar-refractivity contribution in [2.45, 2.75) is 32.9 Å². The van der Waals surface area contributed by atoms with Gasteiger partial charge in [-0.2, -0.15) is 5.10 Å². The second kappa shape index (κ2) is 6.58. The smallest absolute Gasteiger partial charge is 0.165 e. The van der Waals surface area contributed by atoms with Crippen molar-refractivity contribution in [3.63, 3.8) is 0 Å². The van der Waals surface area contributed by atoms with Gasteiger partial charge in [-0.05, 0) is 53.9 Å². The summed E-state index contributed by atoms with van der Waals surface area (Å²) in [6.45, 7) is 4.04. The van der Waals surface area contributed by atoms with Crippen LogP contribution in [0.5, 0.6) is 5.75 Å². The zero-order valence-corrected chi connectivity index (χ0v) is 13.9. The fourth-order valence-corrected chi connectivity index (χ4v) is 2.59. The van der Waals surface area contributed by atoms with Crippen molar-refractivity contribution < 1.29 is 9.13 Å². The first-order valence-electron chi connectivity index (χ1n) is 6.73. The molecule has 0 spiro atoms. The number of aryl methyl sites for hydroxylation is 2. The Bertz CT molecular complexity index is 640. The van der Waals surface area contributed by atoms with Crippen molar-refractivity contribution in [1.29, 1.82) is 0 Å². The van der Waals surface area contributed by atoms with Crippen LogP contribution in [0.1, 0.15) is 23.9 Å². The molecule has 0 aliphatic carbocycles. The number of benzene rings is 1. The summed E-state index contributed by atoms with van der Waals surface area (Å²) in [4.78, 5) is 0. The molecule has 2 rings (SSSR count). The van der Waals surface area contributed by atoms with E-state index in [9.17, 15) is 4.39 Å². The molecule has 0 radical (unpaired) electrons. The average Bonchev–Trinajstić information content (AvgIpc) is 2.62. The fourth-order valence-electron chi connectivity index (χ4n) is 2.14. The second-order valence-corrected chi connectivity index (χ2v) is 6.00. The zero-order valence-electron chi connectivity index (χ0n) is 12.4. The van der Waals surface area contributed by atoms with Gasteiger partial charge in [0, 0.05) is 13.1 Å². The molecule has 1 heterocycles. The summed E-state index contributed by atoms with van der Waals surface area (Å²) in [7, 11) is 1.83. The van der Waals surface area contributed by atoms with E-state index >= 15 is 0 Å². The molecule has 0 amide bonds. The molecular weight excluding hydrogens is 337 g/mol. The van der Waals surface area contributed by atoms with Crippen LogP contribution in [0.4, 0.5) is 4.39 Å². The average molecular weight is 356 g/mol. The zero-order chi connectivity index (χ0) is 15.6. The number of nitrogens with two attached hydrogens (primary N) is 1. The molecule has 4 nitrogen and oxygen atoms in total. The van der Waals surface area contributed by atoms with E-state index < -0.39 is 0 Å². The molecule has 2 N–H and O–H groups in total. The molecule has 0 aliphatic rings. The van der Waals surface area contributed by atoms with E-state index in [1.54, 1.807) is 10.7 Å². The first-order valence-corrected chi connectivity index (χ1v) is 7.52. The van der Waals surface area contributed by atoms with Crippen LogP contribution in [0.2, 0.25) is 0 Å². The Morgan fingerprint density at radius 2 is 2.19 bits per heavy atom. The van der Waals surface area contributed by atoms with Crippen LogP contribution >= 0.6 is 15.9 Å². The van der Waals surface area contributed by atoms with E-state index in [-0.39, 0.29) is 24.2 Å². The molecule has 0 fully saturated rings. The van der Waals surface area contributed by atoms with E-state index in [1.807, 2.05) is 27.0 Å². The van der Waals surface area contributed by atoms with E-state index in [2.05, 4.69) is 21.0 Å². The fraction of sp³-hybridized carbons (Fsp3) is 0.400. The number of hydrogen-bond donors (Lipinski definition) is 1. The predicted octanol–water partition coefficient (Wildman–Crippen LogP) is 3.10. The normalized spacial score (nSPS) is 12.5. The largest absolute Gasteiger partial charge is 0.484 e. The molecular formula is C15H19BrFN3O. The quantitative estimate of drug-likeness (QED) is 0.896. The summed E-state index contributed by atoms with van der Waals surface area (Å²) in [5.74, 6) is -0.141. The molecule has 0 bridgehead atoms. The number of aromatic nitrogens is 2. The molecule has 6 heteroatoms. The minimum Gasteiger partial charge on any atom is -0.484 e. The maximum absolute atomic E-state index is 14.0. The van der Waals surface area contributed by atoms with Gasteiger partial charge < -0.3 is 10.5 Å². The lowest BCUT2D eigenvalue weighted by Gasteiger charge is -2.10. The van der Waals surface area contributed by atoms with E-state index in [1.165, 1.54) is 6.07 Å². The molecule has 1 atom stereocenters. The monoisotopic (exact) mass is 355 g/mol. The van der Waals surface area contributed by atoms with Crippen molar-refractivity contribution in [2.75, 3.05) is 0 Å². The molecule has 1 aromatic carbocycles. The highest BCUT2D eigenvalue weighted by Crippen LogP contribution is 2.24. The van der Waals surface area contributed by atoms with Gasteiger partial charge >= 0.3 is 0 Å². The minimum absolute atomic E-state index is 0.00421. The Balaban J connectivity index is 2.10. The van der Waals surface area contributed by atoms with Crippen LogP contribution in [0.25, 0.3) is 0 Å². The Kier molecular flexibility index (Phi) is 5.00. The molecule has 0 aliphatic heterocycles. The van der Waals surface area contributed by atoms with Gasteiger partial charge in [-0.15, -0.1) is 0 Å². The molecule has 2 aromatic rings. The van der Waals surface area contributed by atoms with Crippen LogP contribution in [0.3, 0.4) is 0 Å². The molecule has 1 aromatic heterocycles. The number of rotatable bonds is 5. The first kappa shape index (κ1) is 16.0. The summed E-state index contributed by atoms with van der Waals surface area (Å²) >= 11 is 3.46. The van der Waals surface area contributed by atoms with Gasteiger partial charge in [0.1, 0.15) is 6.61 Å². The summed E-state index contributed by atoms with van der Waals surface area (Å²) in [5, 5.41) is 4.27. The summed E-state index contributed by atoms with van der Waals surface area (Å²) < 4.78 is 22.2. The highest BCUT2D eigenvalue weighted by molar-refractivity contribution is 9.10. The number of hydrogen-bond acceptors (Lipinski definition) is 3. The van der Waals surface area contributed by atoms with Crippen molar-refractivity contribution in [1.82, 2.24) is 9.78 Å². The lowest BCUT2D eigenvalue weighted by atomic mass is 10.1. The lowest BCUT2D eigenvalue weighted by molar-refractivity contribution is 0.279. The third-order valence-electron chi connectivity index (χ3n) is 3.18. The van der Waals surface area contributed by atoms with Gasteiger partial charge in [-0.1, -0.05) is 6.07 Å². The molecule has 114 valence electrons. The Morgan fingerprint density at radius 1 is 1.48 bits per heavy atom. The van der Waals surface area contributed by atoms with Crippen molar-refractivity contribution in [2.24, 2.45) is 12.8 Å². The van der Waals surface area contributed by atoms with Crippen molar-refractivity contribution >= 4 is 15.9 Å². The lowest BCUT2D eigenvalue weighted by Crippen LogP contribution is -2.17. The summed E-state index contributed by atoms with van der Waals surface area (Å²) in [6, 6.07) is 4.96. The topological polar surface area (TPSA) is 53.1 Å². The van der Waals surface area contributed by atoms with Gasteiger partial charge in [-0.3, -0.25) is 4.68 Å². The SMILES string of the molecule is Cc1nn(C)c(COc2ccc(CC(C)N)cc2F)c1Br. The first-order chi connectivity index (χ1) is 9.88. The summed E-state index contributed by atoms with van der Waals surface area (Å²) in [5.41, 5.74) is 8.33. The molecule has 21 heavy (non-hydrogen) atoms.